The predicted molar refractivity (Wildman–Crippen MR) is 97.1 cm³/mol. The van der Waals surface area contributed by atoms with Crippen LogP contribution in [0.15, 0.2) is 50.7 Å². The lowest BCUT2D eigenvalue weighted by Gasteiger charge is -2.12. The maximum absolute atomic E-state index is 12.4. The number of hydrogen-bond donors (Lipinski definition) is 1. The zero-order chi connectivity index (χ0) is 18.7. The molecule has 1 atom stereocenters. The Morgan fingerprint density at radius 1 is 1.19 bits per heavy atom. The summed E-state index contributed by atoms with van der Waals surface area (Å²) in [6.07, 6.45) is 1.55. The summed E-state index contributed by atoms with van der Waals surface area (Å²) < 4.78 is 10.8. The van der Waals surface area contributed by atoms with Crippen LogP contribution in [0.1, 0.15) is 30.0 Å². The van der Waals surface area contributed by atoms with E-state index in [0.29, 0.717) is 22.9 Å². The fourth-order valence-electron chi connectivity index (χ4n) is 2.31. The van der Waals surface area contributed by atoms with Gasteiger partial charge in [0.1, 0.15) is 5.76 Å². The average Bonchev–Trinajstić information content (AvgIpc) is 3.23. The van der Waals surface area contributed by atoms with Gasteiger partial charge in [0.05, 0.1) is 22.8 Å². The Morgan fingerprint density at radius 2 is 1.96 bits per heavy atom. The van der Waals surface area contributed by atoms with Crippen LogP contribution in [-0.4, -0.2) is 27.1 Å². The Hall–Kier alpha value is -2.87. The molecular weight excluding hydrogens is 354 g/mol. The van der Waals surface area contributed by atoms with Gasteiger partial charge in [0.25, 0.3) is 11.1 Å². The summed E-state index contributed by atoms with van der Waals surface area (Å²) in [6.45, 7) is 4.99. The van der Waals surface area contributed by atoms with Crippen molar-refractivity contribution in [3.8, 4) is 11.5 Å². The molecule has 7 nitrogen and oxygen atoms in total. The number of carbonyl (C=O) groups excluding carboxylic acids is 2. The molecule has 0 fully saturated rings. The monoisotopic (exact) mass is 371 g/mol. The highest BCUT2D eigenvalue weighted by Crippen LogP contribution is 2.29. The minimum atomic E-state index is -0.492. The second-order valence-electron chi connectivity index (χ2n) is 5.61. The second-order valence-corrected chi connectivity index (χ2v) is 6.91. The van der Waals surface area contributed by atoms with Gasteiger partial charge in [-0.15, -0.1) is 10.2 Å². The number of thioether (sulfide) groups is 1. The number of carbonyl (C=O) groups is 2. The average molecular weight is 371 g/mol. The number of benzene rings is 1. The molecule has 0 bridgehead atoms. The minimum Gasteiger partial charge on any atom is -0.469 e. The van der Waals surface area contributed by atoms with Crippen molar-refractivity contribution in [3.63, 3.8) is 0 Å². The molecule has 26 heavy (non-hydrogen) atoms. The Bertz CT molecular complexity index is 947. The van der Waals surface area contributed by atoms with Gasteiger partial charge in [0.2, 0.25) is 5.91 Å². The summed E-state index contributed by atoms with van der Waals surface area (Å²) in [5, 5.41) is 10.5. The van der Waals surface area contributed by atoms with E-state index in [0.717, 1.165) is 17.3 Å². The Kier molecular flexibility index (Phi) is 5.22. The number of Topliss-reactive ketones (excluding diaryl/α,β-unsaturated/α-hetero) is 1. The van der Waals surface area contributed by atoms with Crippen molar-refractivity contribution < 1.29 is 18.4 Å². The third-order valence-electron chi connectivity index (χ3n) is 3.71. The van der Waals surface area contributed by atoms with Crippen molar-refractivity contribution in [3.05, 3.63) is 47.9 Å². The standard InChI is InChI=1S/C18H17N3O4S/c1-10(22)13-6-4-5-7-15(13)19-16(23)12(3)26-18-21-20-17(25-18)14-8-9-24-11(14)2/h4-9,12H,1-3H3,(H,19,23)/t12-/m1/s1. The van der Waals surface area contributed by atoms with Crippen molar-refractivity contribution in [1.29, 1.82) is 0 Å². The number of amides is 1. The molecule has 3 rings (SSSR count). The third kappa shape index (κ3) is 3.85. The molecule has 0 aliphatic carbocycles. The maximum Gasteiger partial charge on any atom is 0.277 e. The van der Waals surface area contributed by atoms with Gasteiger partial charge in [-0.25, -0.2) is 0 Å². The van der Waals surface area contributed by atoms with E-state index in [1.54, 1.807) is 50.4 Å². The molecule has 3 aromatic rings. The number of aromatic nitrogens is 2. The number of aryl methyl sites for hydroxylation is 1. The van der Waals surface area contributed by atoms with Crippen LogP contribution >= 0.6 is 11.8 Å². The lowest BCUT2D eigenvalue weighted by atomic mass is 10.1. The summed E-state index contributed by atoms with van der Waals surface area (Å²) in [7, 11) is 0. The normalized spacial score (nSPS) is 12.0. The second kappa shape index (κ2) is 7.57. The predicted octanol–water partition coefficient (Wildman–Crippen LogP) is 3.96. The van der Waals surface area contributed by atoms with Crippen LogP contribution in [0.4, 0.5) is 5.69 Å². The van der Waals surface area contributed by atoms with Gasteiger partial charge in [-0.1, -0.05) is 23.9 Å². The molecule has 1 amide bonds. The molecule has 0 aliphatic rings. The molecule has 0 saturated carbocycles. The van der Waals surface area contributed by atoms with Crippen LogP contribution in [0.2, 0.25) is 0 Å². The van der Waals surface area contributed by atoms with E-state index < -0.39 is 5.25 Å². The smallest absolute Gasteiger partial charge is 0.277 e. The zero-order valence-electron chi connectivity index (χ0n) is 14.5. The summed E-state index contributed by atoms with van der Waals surface area (Å²) in [5.41, 5.74) is 1.67. The molecule has 0 spiro atoms. The summed E-state index contributed by atoms with van der Waals surface area (Å²) in [6, 6.07) is 8.62. The Morgan fingerprint density at radius 3 is 2.65 bits per heavy atom. The largest absolute Gasteiger partial charge is 0.469 e. The van der Waals surface area contributed by atoms with Gasteiger partial charge >= 0.3 is 0 Å². The van der Waals surface area contributed by atoms with Crippen LogP contribution in [0.5, 0.6) is 0 Å². The highest BCUT2D eigenvalue weighted by atomic mass is 32.2. The fourth-order valence-corrected chi connectivity index (χ4v) is 2.99. The van der Waals surface area contributed by atoms with E-state index in [1.807, 2.05) is 0 Å². The van der Waals surface area contributed by atoms with Gasteiger partial charge in [-0.2, -0.15) is 0 Å². The van der Waals surface area contributed by atoms with Crippen molar-refractivity contribution in [2.45, 2.75) is 31.2 Å². The first-order valence-electron chi connectivity index (χ1n) is 7.91. The maximum atomic E-state index is 12.4. The van der Waals surface area contributed by atoms with Crippen molar-refractivity contribution in [1.82, 2.24) is 10.2 Å². The number of para-hydroxylation sites is 1. The quantitative estimate of drug-likeness (QED) is 0.517. The first kappa shape index (κ1) is 17.9. The van der Waals surface area contributed by atoms with E-state index in [2.05, 4.69) is 15.5 Å². The molecule has 0 unspecified atom stereocenters. The number of hydrogen-bond acceptors (Lipinski definition) is 7. The first-order chi connectivity index (χ1) is 12.5. The van der Waals surface area contributed by atoms with Crippen LogP contribution in [-0.2, 0) is 4.79 Å². The van der Waals surface area contributed by atoms with E-state index in [4.69, 9.17) is 8.83 Å². The molecule has 134 valence electrons. The van der Waals surface area contributed by atoms with E-state index in [9.17, 15) is 9.59 Å². The number of furan rings is 1. The molecule has 1 N–H and O–H groups in total. The van der Waals surface area contributed by atoms with Crippen LogP contribution in [0.3, 0.4) is 0 Å². The first-order valence-corrected chi connectivity index (χ1v) is 8.79. The molecule has 0 radical (unpaired) electrons. The van der Waals surface area contributed by atoms with Crippen LogP contribution < -0.4 is 5.32 Å². The van der Waals surface area contributed by atoms with Gasteiger partial charge in [-0.05, 0) is 39.0 Å². The lowest BCUT2D eigenvalue weighted by Crippen LogP contribution is -2.23. The molecule has 0 saturated heterocycles. The topological polar surface area (TPSA) is 98.2 Å². The highest BCUT2D eigenvalue weighted by Gasteiger charge is 2.21. The fraction of sp³-hybridized carbons (Fsp3) is 0.222. The SMILES string of the molecule is CC(=O)c1ccccc1NC(=O)[C@@H](C)Sc1nnc(-c2ccoc2C)o1. The van der Waals surface area contributed by atoms with E-state index in [1.165, 1.54) is 6.92 Å². The molecular formula is C18H17N3O4S. The van der Waals surface area contributed by atoms with Crippen molar-refractivity contribution in [2.24, 2.45) is 0 Å². The number of nitrogens with zero attached hydrogens (tertiary/aromatic N) is 2. The van der Waals surface area contributed by atoms with Crippen molar-refractivity contribution in [2.75, 3.05) is 5.32 Å². The number of rotatable bonds is 6. The van der Waals surface area contributed by atoms with Crippen molar-refractivity contribution >= 4 is 29.1 Å². The van der Waals surface area contributed by atoms with E-state index >= 15 is 0 Å². The van der Waals surface area contributed by atoms with Gasteiger partial charge in [-0.3, -0.25) is 9.59 Å². The highest BCUT2D eigenvalue weighted by molar-refractivity contribution is 8.00. The third-order valence-corrected chi connectivity index (χ3v) is 4.64. The molecule has 8 heteroatoms. The number of nitrogens with one attached hydrogen (secondary N) is 1. The minimum absolute atomic E-state index is 0.113. The Balaban J connectivity index is 1.68. The van der Waals surface area contributed by atoms with Crippen LogP contribution in [0.25, 0.3) is 11.5 Å². The summed E-state index contributed by atoms with van der Waals surface area (Å²) >= 11 is 1.14. The number of ketones is 1. The number of anilines is 1. The van der Waals surface area contributed by atoms with Crippen LogP contribution in [0, 0.1) is 6.92 Å². The molecule has 2 aromatic heterocycles. The summed E-state index contributed by atoms with van der Waals surface area (Å²) in [5.74, 6) is 0.645. The lowest BCUT2D eigenvalue weighted by molar-refractivity contribution is -0.115. The van der Waals surface area contributed by atoms with Gasteiger partial charge < -0.3 is 14.2 Å². The molecule has 1 aromatic carbocycles. The summed E-state index contributed by atoms with van der Waals surface area (Å²) in [4.78, 5) is 24.1. The molecule has 0 aliphatic heterocycles. The zero-order valence-corrected chi connectivity index (χ0v) is 15.3. The van der Waals surface area contributed by atoms with Gasteiger partial charge in [0, 0.05) is 5.56 Å². The van der Waals surface area contributed by atoms with Gasteiger partial charge in [0.15, 0.2) is 5.78 Å². The Labute approximate surface area is 154 Å². The molecule has 2 heterocycles. The van der Waals surface area contributed by atoms with E-state index in [-0.39, 0.29) is 16.9 Å².